The van der Waals surface area contributed by atoms with Crippen molar-refractivity contribution < 1.29 is 4.79 Å². The fraction of sp³-hybridized carbons (Fsp3) is 0.636. The maximum atomic E-state index is 11.7. The molecule has 1 amide bonds. The second-order valence-electron chi connectivity index (χ2n) is 4.31. The molecule has 88 valence electrons. The Morgan fingerprint density at radius 3 is 3.00 bits per heavy atom. The molecule has 0 saturated carbocycles. The molecular weight excluding hydrogens is 204 g/mol. The first-order valence-corrected chi connectivity index (χ1v) is 5.73. The third-order valence-electron chi connectivity index (χ3n) is 2.98. The summed E-state index contributed by atoms with van der Waals surface area (Å²) in [5.74, 6) is 0.591. The number of hydrogen-bond acceptors (Lipinski definition) is 3. The molecule has 1 fully saturated rings. The summed E-state index contributed by atoms with van der Waals surface area (Å²) in [6.45, 7) is 2.90. The van der Waals surface area contributed by atoms with E-state index < -0.39 is 0 Å². The van der Waals surface area contributed by atoms with Crippen molar-refractivity contribution >= 4 is 5.91 Å². The molecule has 0 bridgehead atoms. The standard InChI is InChI=1S/C11H18N4O/c1-15-8-10(7-14-15)11(16)13-6-9-2-4-12-5-3-9/h7-9,12H,2-6H2,1H3,(H,13,16). The van der Waals surface area contributed by atoms with Gasteiger partial charge in [-0.1, -0.05) is 0 Å². The summed E-state index contributed by atoms with van der Waals surface area (Å²) in [5.41, 5.74) is 0.636. The average molecular weight is 222 g/mol. The van der Waals surface area contributed by atoms with Crippen LogP contribution in [0.1, 0.15) is 23.2 Å². The molecule has 5 heteroatoms. The normalized spacial score (nSPS) is 17.3. The molecule has 0 unspecified atom stereocenters. The number of aryl methyl sites for hydroxylation is 1. The van der Waals surface area contributed by atoms with Crippen LogP contribution in [0.4, 0.5) is 0 Å². The van der Waals surface area contributed by atoms with Crippen LogP contribution in [-0.2, 0) is 7.05 Å². The molecule has 2 heterocycles. The van der Waals surface area contributed by atoms with Crippen molar-refractivity contribution in [2.75, 3.05) is 19.6 Å². The third kappa shape index (κ3) is 2.82. The van der Waals surface area contributed by atoms with E-state index in [-0.39, 0.29) is 5.91 Å². The van der Waals surface area contributed by atoms with Crippen molar-refractivity contribution in [3.63, 3.8) is 0 Å². The Morgan fingerprint density at radius 2 is 2.38 bits per heavy atom. The first-order valence-electron chi connectivity index (χ1n) is 5.73. The molecule has 2 rings (SSSR count). The Hall–Kier alpha value is -1.36. The van der Waals surface area contributed by atoms with Crippen molar-refractivity contribution in [2.45, 2.75) is 12.8 Å². The topological polar surface area (TPSA) is 59.0 Å². The van der Waals surface area contributed by atoms with E-state index in [1.807, 2.05) is 7.05 Å². The largest absolute Gasteiger partial charge is 0.352 e. The maximum absolute atomic E-state index is 11.7. The SMILES string of the molecule is Cn1cc(C(=O)NCC2CCNCC2)cn1. The van der Waals surface area contributed by atoms with Crippen LogP contribution in [0.25, 0.3) is 0 Å². The summed E-state index contributed by atoms with van der Waals surface area (Å²) in [6, 6.07) is 0. The Balaban J connectivity index is 1.79. The minimum atomic E-state index is -0.0216. The molecule has 0 atom stereocenters. The third-order valence-corrected chi connectivity index (χ3v) is 2.98. The molecule has 1 aliphatic heterocycles. The molecular formula is C11H18N4O. The van der Waals surface area contributed by atoms with Crippen LogP contribution in [0.2, 0.25) is 0 Å². The second-order valence-corrected chi connectivity index (χ2v) is 4.31. The fourth-order valence-corrected chi connectivity index (χ4v) is 1.96. The van der Waals surface area contributed by atoms with E-state index in [4.69, 9.17) is 0 Å². The second kappa shape index (κ2) is 5.12. The molecule has 1 aliphatic rings. The monoisotopic (exact) mass is 222 g/mol. The van der Waals surface area contributed by atoms with Gasteiger partial charge >= 0.3 is 0 Å². The zero-order chi connectivity index (χ0) is 11.4. The number of nitrogens with one attached hydrogen (secondary N) is 2. The van der Waals surface area contributed by atoms with Crippen LogP contribution < -0.4 is 10.6 Å². The maximum Gasteiger partial charge on any atom is 0.254 e. The number of amides is 1. The van der Waals surface area contributed by atoms with Crippen molar-refractivity contribution in [1.29, 1.82) is 0 Å². The van der Waals surface area contributed by atoms with E-state index in [9.17, 15) is 4.79 Å². The molecule has 1 aromatic heterocycles. The highest BCUT2D eigenvalue weighted by Gasteiger charge is 2.14. The van der Waals surface area contributed by atoms with Gasteiger partial charge in [-0.05, 0) is 31.8 Å². The molecule has 1 aromatic rings. The molecule has 0 aliphatic carbocycles. The Bertz CT molecular complexity index is 355. The van der Waals surface area contributed by atoms with Gasteiger partial charge in [0.2, 0.25) is 0 Å². The Kier molecular flexibility index (Phi) is 3.56. The predicted molar refractivity (Wildman–Crippen MR) is 61.1 cm³/mol. The Morgan fingerprint density at radius 1 is 1.62 bits per heavy atom. The minimum Gasteiger partial charge on any atom is -0.352 e. The Labute approximate surface area is 95.2 Å². The predicted octanol–water partition coefficient (Wildman–Crippen LogP) is 0.150. The van der Waals surface area contributed by atoms with Gasteiger partial charge in [-0.25, -0.2) is 0 Å². The van der Waals surface area contributed by atoms with Gasteiger partial charge < -0.3 is 10.6 Å². The van der Waals surface area contributed by atoms with Gasteiger partial charge in [0, 0.05) is 19.8 Å². The summed E-state index contributed by atoms with van der Waals surface area (Å²) >= 11 is 0. The minimum absolute atomic E-state index is 0.0216. The fourth-order valence-electron chi connectivity index (χ4n) is 1.96. The van der Waals surface area contributed by atoms with Gasteiger partial charge in [0.25, 0.3) is 5.91 Å². The lowest BCUT2D eigenvalue weighted by atomic mass is 9.98. The highest BCUT2D eigenvalue weighted by atomic mass is 16.1. The lowest BCUT2D eigenvalue weighted by molar-refractivity contribution is 0.0944. The summed E-state index contributed by atoms with van der Waals surface area (Å²) in [5, 5.41) is 10.3. The molecule has 2 N–H and O–H groups in total. The first kappa shape index (κ1) is 11.1. The van der Waals surface area contributed by atoms with Crippen LogP contribution >= 0.6 is 0 Å². The summed E-state index contributed by atoms with van der Waals surface area (Å²) in [7, 11) is 1.81. The molecule has 1 saturated heterocycles. The van der Waals surface area contributed by atoms with Crippen LogP contribution in [0.5, 0.6) is 0 Å². The molecule has 0 radical (unpaired) electrons. The molecule has 0 aromatic carbocycles. The molecule has 0 spiro atoms. The molecule has 16 heavy (non-hydrogen) atoms. The highest BCUT2D eigenvalue weighted by molar-refractivity contribution is 5.93. The van der Waals surface area contributed by atoms with Crippen molar-refractivity contribution in [3.05, 3.63) is 18.0 Å². The van der Waals surface area contributed by atoms with Crippen LogP contribution in [0.15, 0.2) is 12.4 Å². The number of carbonyl (C=O) groups excluding carboxylic acids is 1. The van der Waals surface area contributed by atoms with Gasteiger partial charge in [0.05, 0.1) is 11.8 Å². The van der Waals surface area contributed by atoms with Gasteiger partial charge in [-0.3, -0.25) is 9.48 Å². The van der Waals surface area contributed by atoms with Crippen molar-refractivity contribution in [2.24, 2.45) is 13.0 Å². The van der Waals surface area contributed by atoms with E-state index >= 15 is 0 Å². The lowest BCUT2D eigenvalue weighted by Gasteiger charge is -2.22. The van der Waals surface area contributed by atoms with E-state index in [2.05, 4.69) is 15.7 Å². The van der Waals surface area contributed by atoms with Crippen LogP contribution in [0, 0.1) is 5.92 Å². The van der Waals surface area contributed by atoms with Gasteiger partial charge in [-0.2, -0.15) is 5.10 Å². The van der Waals surface area contributed by atoms with Crippen molar-refractivity contribution in [3.8, 4) is 0 Å². The lowest BCUT2D eigenvalue weighted by Crippen LogP contribution is -2.35. The van der Waals surface area contributed by atoms with Crippen LogP contribution in [-0.4, -0.2) is 35.3 Å². The van der Waals surface area contributed by atoms with Crippen LogP contribution in [0.3, 0.4) is 0 Å². The molecule has 5 nitrogen and oxygen atoms in total. The highest BCUT2D eigenvalue weighted by Crippen LogP contribution is 2.10. The smallest absolute Gasteiger partial charge is 0.254 e. The number of nitrogens with zero attached hydrogens (tertiary/aromatic N) is 2. The number of piperidine rings is 1. The zero-order valence-electron chi connectivity index (χ0n) is 9.57. The zero-order valence-corrected chi connectivity index (χ0v) is 9.57. The number of carbonyl (C=O) groups is 1. The number of aromatic nitrogens is 2. The van der Waals surface area contributed by atoms with Gasteiger partial charge in [0.15, 0.2) is 0 Å². The quantitative estimate of drug-likeness (QED) is 0.765. The van der Waals surface area contributed by atoms with E-state index in [1.54, 1.807) is 17.1 Å². The first-order chi connectivity index (χ1) is 7.75. The van der Waals surface area contributed by atoms with E-state index in [1.165, 1.54) is 0 Å². The van der Waals surface area contributed by atoms with E-state index in [0.29, 0.717) is 11.5 Å². The number of rotatable bonds is 3. The summed E-state index contributed by atoms with van der Waals surface area (Å²) < 4.78 is 1.64. The van der Waals surface area contributed by atoms with E-state index in [0.717, 1.165) is 32.5 Å². The number of hydrogen-bond donors (Lipinski definition) is 2. The van der Waals surface area contributed by atoms with Gasteiger partial charge in [0.1, 0.15) is 0 Å². The summed E-state index contributed by atoms with van der Waals surface area (Å²) in [6.07, 6.45) is 5.62. The van der Waals surface area contributed by atoms with Crippen molar-refractivity contribution in [1.82, 2.24) is 20.4 Å². The average Bonchev–Trinajstić information content (AvgIpc) is 2.74. The van der Waals surface area contributed by atoms with Gasteiger partial charge in [-0.15, -0.1) is 0 Å². The summed E-state index contributed by atoms with van der Waals surface area (Å²) in [4.78, 5) is 11.7.